The van der Waals surface area contributed by atoms with Crippen LogP contribution in [0, 0.1) is 10.1 Å². The normalized spacial score (nSPS) is 12.3. The maximum absolute atomic E-state index is 12.8. The quantitative estimate of drug-likeness (QED) is 0.515. The molecular formula is C9H3ClF5N3O2. The molecule has 1 aromatic heterocycles. The van der Waals surface area contributed by atoms with Crippen molar-refractivity contribution < 1.29 is 26.9 Å². The zero-order chi connectivity index (χ0) is 15.2. The number of nitro benzene ring substituents is 1. The minimum atomic E-state index is -5.18. The molecule has 5 nitrogen and oxygen atoms in total. The number of fused-ring (bicyclic) bond motifs is 1. The summed E-state index contributed by atoms with van der Waals surface area (Å²) in [5.41, 5.74) is -6.00. The van der Waals surface area contributed by atoms with Crippen LogP contribution in [-0.2, 0) is 6.18 Å². The van der Waals surface area contributed by atoms with Crippen molar-refractivity contribution in [2.24, 2.45) is 0 Å². The second-order valence-corrected chi connectivity index (χ2v) is 4.02. The average molecular weight is 316 g/mol. The highest BCUT2D eigenvalue weighted by molar-refractivity contribution is 6.29. The summed E-state index contributed by atoms with van der Waals surface area (Å²) in [4.78, 5) is 15.0. The van der Waals surface area contributed by atoms with Crippen LogP contribution in [0.25, 0.3) is 11.0 Å². The Hall–Kier alpha value is -1.97. The fourth-order valence-corrected chi connectivity index (χ4v) is 1.95. The van der Waals surface area contributed by atoms with Crippen molar-refractivity contribution in [3.63, 3.8) is 0 Å². The maximum Gasteiger partial charge on any atom is 0.417 e. The molecule has 1 heterocycles. The van der Waals surface area contributed by atoms with Crippen LogP contribution in [-0.4, -0.2) is 14.9 Å². The molecule has 0 fully saturated rings. The summed E-state index contributed by atoms with van der Waals surface area (Å²) in [6.07, 6.45) is -8.87. The van der Waals surface area contributed by atoms with Gasteiger partial charge >= 0.3 is 11.9 Å². The van der Waals surface area contributed by atoms with Crippen LogP contribution in [0.15, 0.2) is 6.07 Å². The smallest absolute Gasteiger partial charge is 0.323 e. The Morgan fingerprint density at radius 3 is 2.45 bits per heavy atom. The number of rotatable bonds is 2. The SMILES string of the molecule is O=[N+]([O-])c1c(C(F)F)c(C(F)(F)F)cc2nc(Cl)[nH]c12. The second-order valence-electron chi connectivity index (χ2n) is 3.66. The van der Waals surface area contributed by atoms with E-state index in [9.17, 15) is 32.1 Å². The van der Waals surface area contributed by atoms with Gasteiger partial charge in [0.1, 0.15) is 11.1 Å². The molecular weight excluding hydrogens is 313 g/mol. The van der Waals surface area contributed by atoms with Crippen molar-refractivity contribution in [2.75, 3.05) is 0 Å². The minimum absolute atomic E-state index is 0.298. The third-order valence-corrected chi connectivity index (χ3v) is 2.65. The summed E-state index contributed by atoms with van der Waals surface area (Å²) in [6, 6.07) is 0.298. The first-order valence-corrected chi connectivity index (χ1v) is 5.22. The highest BCUT2D eigenvalue weighted by atomic mass is 35.5. The molecule has 108 valence electrons. The van der Waals surface area contributed by atoms with E-state index in [0.29, 0.717) is 6.07 Å². The van der Waals surface area contributed by atoms with Gasteiger partial charge in [0.05, 0.1) is 16.0 Å². The third-order valence-electron chi connectivity index (χ3n) is 2.47. The van der Waals surface area contributed by atoms with Crippen LogP contribution >= 0.6 is 11.6 Å². The van der Waals surface area contributed by atoms with Crippen molar-refractivity contribution >= 4 is 28.3 Å². The molecule has 11 heteroatoms. The van der Waals surface area contributed by atoms with Gasteiger partial charge in [0.2, 0.25) is 5.28 Å². The number of hydrogen-bond donors (Lipinski definition) is 1. The molecule has 0 saturated heterocycles. The van der Waals surface area contributed by atoms with E-state index in [1.165, 1.54) is 0 Å². The van der Waals surface area contributed by atoms with Crippen LogP contribution < -0.4 is 0 Å². The molecule has 0 unspecified atom stereocenters. The summed E-state index contributed by atoms with van der Waals surface area (Å²) in [7, 11) is 0. The number of H-pyrrole nitrogens is 1. The molecule has 0 spiro atoms. The highest BCUT2D eigenvalue weighted by Gasteiger charge is 2.42. The third kappa shape index (κ3) is 2.26. The molecule has 0 amide bonds. The van der Waals surface area contributed by atoms with Crippen molar-refractivity contribution in [3.8, 4) is 0 Å². The Balaban J connectivity index is 2.99. The second kappa shape index (κ2) is 4.54. The van der Waals surface area contributed by atoms with Gasteiger partial charge in [-0.2, -0.15) is 13.2 Å². The van der Waals surface area contributed by atoms with Gasteiger partial charge in [-0.25, -0.2) is 13.8 Å². The fraction of sp³-hybridized carbons (Fsp3) is 0.222. The summed E-state index contributed by atoms with van der Waals surface area (Å²) < 4.78 is 64.0. The van der Waals surface area contributed by atoms with Gasteiger partial charge in [0.15, 0.2) is 0 Å². The number of imidazole rings is 1. The predicted molar refractivity (Wildman–Crippen MR) is 57.7 cm³/mol. The molecule has 0 aliphatic heterocycles. The molecule has 1 N–H and O–H groups in total. The van der Waals surface area contributed by atoms with Crippen molar-refractivity contribution in [2.45, 2.75) is 12.6 Å². The topological polar surface area (TPSA) is 71.8 Å². The highest BCUT2D eigenvalue weighted by Crippen LogP contribution is 2.44. The predicted octanol–water partition coefficient (Wildman–Crippen LogP) is 4.08. The summed E-state index contributed by atoms with van der Waals surface area (Å²) >= 11 is 5.40. The molecule has 0 atom stereocenters. The Labute approximate surface area is 111 Å². The van der Waals surface area contributed by atoms with Gasteiger partial charge in [-0.15, -0.1) is 0 Å². The van der Waals surface area contributed by atoms with Gasteiger partial charge < -0.3 is 4.98 Å². The van der Waals surface area contributed by atoms with E-state index in [2.05, 4.69) is 9.97 Å². The lowest BCUT2D eigenvalue weighted by atomic mass is 10.0. The Morgan fingerprint density at radius 2 is 2.00 bits per heavy atom. The Kier molecular flexibility index (Phi) is 3.28. The van der Waals surface area contributed by atoms with Crippen LogP contribution in [0.2, 0.25) is 5.28 Å². The Morgan fingerprint density at radius 1 is 1.40 bits per heavy atom. The van der Waals surface area contributed by atoms with Gasteiger partial charge in [0.25, 0.3) is 6.43 Å². The number of nitrogens with one attached hydrogen (secondary N) is 1. The monoisotopic (exact) mass is 315 g/mol. The number of nitro groups is 1. The van der Waals surface area contributed by atoms with Gasteiger partial charge in [0, 0.05) is 0 Å². The van der Waals surface area contributed by atoms with Gasteiger partial charge in [-0.3, -0.25) is 10.1 Å². The number of benzene rings is 1. The van der Waals surface area contributed by atoms with Crippen LogP contribution in [0.5, 0.6) is 0 Å². The van der Waals surface area contributed by atoms with E-state index < -0.39 is 50.7 Å². The number of aromatic amines is 1. The first kappa shape index (κ1) is 14.4. The molecule has 0 saturated carbocycles. The summed E-state index contributed by atoms with van der Waals surface area (Å²) in [5, 5.41) is 10.4. The van der Waals surface area contributed by atoms with Gasteiger partial charge in [-0.1, -0.05) is 0 Å². The number of halogens is 6. The molecule has 0 aliphatic rings. The maximum atomic E-state index is 12.8. The lowest BCUT2D eigenvalue weighted by Gasteiger charge is -2.12. The summed E-state index contributed by atoms with van der Waals surface area (Å²) in [6.45, 7) is 0. The summed E-state index contributed by atoms with van der Waals surface area (Å²) in [5.74, 6) is 0. The fourth-order valence-electron chi connectivity index (χ4n) is 1.76. The molecule has 0 radical (unpaired) electrons. The molecule has 1 aromatic carbocycles. The van der Waals surface area contributed by atoms with E-state index >= 15 is 0 Å². The zero-order valence-electron chi connectivity index (χ0n) is 9.13. The largest absolute Gasteiger partial charge is 0.417 e. The zero-order valence-corrected chi connectivity index (χ0v) is 9.89. The molecule has 20 heavy (non-hydrogen) atoms. The van der Waals surface area contributed by atoms with Crippen LogP contribution in [0.3, 0.4) is 0 Å². The van der Waals surface area contributed by atoms with E-state index in [4.69, 9.17) is 11.6 Å². The lowest BCUT2D eigenvalue weighted by molar-refractivity contribution is -0.384. The standard InChI is InChI=1S/C9H3ClF5N3O2/c10-8-16-3-1-2(9(13,14)15)4(7(11)12)6(18(19)20)5(3)17-8/h1,7H,(H,16,17). The molecule has 2 rings (SSSR count). The van der Waals surface area contributed by atoms with E-state index in [0.717, 1.165) is 0 Å². The van der Waals surface area contributed by atoms with Crippen LogP contribution in [0.4, 0.5) is 27.6 Å². The van der Waals surface area contributed by atoms with Crippen molar-refractivity contribution in [1.82, 2.24) is 9.97 Å². The number of alkyl halides is 5. The molecule has 2 aromatic rings. The lowest BCUT2D eigenvalue weighted by Crippen LogP contribution is -2.12. The van der Waals surface area contributed by atoms with Crippen molar-refractivity contribution in [3.05, 3.63) is 32.6 Å². The molecule has 0 bridgehead atoms. The van der Waals surface area contributed by atoms with E-state index in [-0.39, 0.29) is 0 Å². The van der Waals surface area contributed by atoms with Crippen molar-refractivity contribution in [1.29, 1.82) is 0 Å². The van der Waals surface area contributed by atoms with E-state index in [1.54, 1.807) is 0 Å². The van der Waals surface area contributed by atoms with E-state index in [1.807, 2.05) is 0 Å². The number of hydrogen-bond acceptors (Lipinski definition) is 3. The first-order chi connectivity index (χ1) is 9.12. The molecule has 0 aliphatic carbocycles. The van der Waals surface area contributed by atoms with Crippen LogP contribution in [0.1, 0.15) is 17.6 Å². The number of nitrogens with zero attached hydrogens (tertiary/aromatic N) is 2. The number of aromatic nitrogens is 2. The van der Waals surface area contributed by atoms with Gasteiger partial charge in [-0.05, 0) is 17.7 Å². The minimum Gasteiger partial charge on any atom is -0.323 e. The average Bonchev–Trinajstić information content (AvgIpc) is 2.64. The Bertz CT molecular complexity index is 697. The first-order valence-electron chi connectivity index (χ1n) is 4.84.